The fourth-order valence-corrected chi connectivity index (χ4v) is 1.59. The number of carbonyl (C=O) groups is 1. The average molecular weight is 218 g/mol. The van der Waals surface area contributed by atoms with Gasteiger partial charge in [0.15, 0.2) is 0 Å². The molecule has 2 aromatic heterocycles. The molecule has 0 spiro atoms. The molecule has 0 radical (unpaired) electrons. The van der Waals surface area contributed by atoms with E-state index in [1.807, 2.05) is 6.07 Å². The van der Waals surface area contributed by atoms with E-state index in [0.717, 1.165) is 5.56 Å². The van der Waals surface area contributed by atoms with Gasteiger partial charge in [0.25, 0.3) is 0 Å². The van der Waals surface area contributed by atoms with Crippen LogP contribution in [0.2, 0.25) is 0 Å². The lowest BCUT2D eigenvalue weighted by atomic mass is 9.88. The van der Waals surface area contributed by atoms with Gasteiger partial charge in [-0.25, -0.2) is 9.78 Å². The first-order chi connectivity index (χ1) is 7.39. The number of aromatic carboxylic acids is 1. The molecule has 2 N–H and O–H groups in total. The standard InChI is InChI=1S/C12H14N2O2/c1-12(2,3)7-4-8-9(11(15)16)6-14-10(8)13-5-7/h4-6H,1-3H3,(H,13,14)(H,15,16). The molecule has 2 rings (SSSR count). The summed E-state index contributed by atoms with van der Waals surface area (Å²) >= 11 is 0. The lowest BCUT2D eigenvalue weighted by Crippen LogP contribution is -2.11. The Balaban J connectivity index is 2.68. The number of carboxylic acids is 1. The third kappa shape index (κ3) is 1.66. The van der Waals surface area contributed by atoms with Gasteiger partial charge in [-0.2, -0.15) is 0 Å². The molecule has 16 heavy (non-hydrogen) atoms. The van der Waals surface area contributed by atoms with Gasteiger partial charge in [0, 0.05) is 17.8 Å². The topological polar surface area (TPSA) is 66.0 Å². The van der Waals surface area contributed by atoms with Crippen LogP contribution in [0.3, 0.4) is 0 Å². The highest BCUT2D eigenvalue weighted by Gasteiger charge is 2.17. The van der Waals surface area contributed by atoms with E-state index in [2.05, 4.69) is 30.7 Å². The van der Waals surface area contributed by atoms with Crippen molar-refractivity contribution in [1.29, 1.82) is 0 Å². The fourth-order valence-electron chi connectivity index (χ4n) is 1.59. The molecular formula is C12H14N2O2. The van der Waals surface area contributed by atoms with Gasteiger partial charge in [-0.3, -0.25) is 0 Å². The maximum Gasteiger partial charge on any atom is 0.337 e. The summed E-state index contributed by atoms with van der Waals surface area (Å²) in [6.45, 7) is 6.22. The molecule has 4 nitrogen and oxygen atoms in total. The second-order valence-corrected chi connectivity index (χ2v) is 4.88. The molecule has 0 amide bonds. The minimum atomic E-state index is -0.931. The molecule has 0 aromatic carbocycles. The molecule has 2 aromatic rings. The summed E-state index contributed by atoms with van der Waals surface area (Å²) in [6, 6.07) is 1.89. The van der Waals surface area contributed by atoms with E-state index in [9.17, 15) is 4.79 Å². The van der Waals surface area contributed by atoms with E-state index in [4.69, 9.17) is 5.11 Å². The molecule has 0 bridgehead atoms. The largest absolute Gasteiger partial charge is 0.478 e. The van der Waals surface area contributed by atoms with Crippen LogP contribution in [0.5, 0.6) is 0 Å². The van der Waals surface area contributed by atoms with Crippen molar-refractivity contribution in [1.82, 2.24) is 9.97 Å². The van der Waals surface area contributed by atoms with Crippen LogP contribution in [0.15, 0.2) is 18.5 Å². The molecule has 0 atom stereocenters. The summed E-state index contributed by atoms with van der Waals surface area (Å²) in [6.07, 6.45) is 3.26. The zero-order chi connectivity index (χ0) is 11.9. The Morgan fingerprint density at radius 3 is 2.69 bits per heavy atom. The summed E-state index contributed by atoms with van der Waals surface area (Å²) < 4.78 is 0. The number of rotatable bonds is 1. The first kappa shape index (κ1) is 10.7. The Bertz CT molecular complexity index is 550. The zero-order valence-electron chi connectivity index (χ0n) is 9.53. The maximum atomic E-state index is 11.0. The van der Waals surface area contributed by atoms with Crippen molar-refractivity contribution < 1.29 is 9.90 Å². The van der Waals surface area contributed by atoms with E-state index in [1.54, 1.807) is 6.20 Å². The van der Waals surface area contributed by atoms with Crippen LogP contribution >= 0.6 is 0 Å². The Morgan fingerprint density at radius 1 is 1.44 bits per heavy atom. The molecule has 0 aliphatic heterocycles. The second-order valence-electron chi connectivity index (χ2n) is 4.88. The number of carboxylic acid groups (broad SMARTS) is 1. The van der Waals surface area contributed by atoms with Crippen LogP contribution in [-0.2, 0) is 5.41 Å². The monoisotopic (exact) mass is 218 g/mol. The van der Waals surface area contributed by atoms with Crippen molar-refractivity contribution >= 4 is 17.0 Å². The molecule has 0 saturated heterocycles. The average Bonchev–Trinajstić information content (AvgIpc) is 2.58. The van der Waals surface area contributed by atoms with E-state index in [1.165, 1.54) is 6.20 Å². The van der Waals surface area contributed by atoms with Crippen LogP contribution in [0.1, 0.15) is 36.7 Å². The summed E-state index contributed by atoms with van der Waals surface area (Å²) in [5, 5.41) is 9.68. The number of nitrogens with zero attached hydrogens (tertiary/aromatic N) is 1. The number of aromatic amines is 1. The molecule has 0 saturated carbocycles. The SMILES string of the molecule is CC(C)(C)c1cnc2[nH]cc(C(=O)O)c2c1. The molecule has 2 heterocycles. The fraction of sp³-hybridized carbons (Fsp3) is 0.333. The van der Waals surface area contributed by atoms with Crippen molar-refractivity contribution in [2.24, 2.45) is 0 Å². The van der Waals surface area contributed by atoms with Gasteiger partial charge in [-0.15, -0.1) is 0 Å². The van der Waals surface area contributed by atoms with Crippen LogP contribution in [0, 0.1) is 0 Å². The number of nitrogens with one attached hydrogen (secondary N) is 1. The molecular weight excluding hydrogens is 204 g/mol. The minimum absolute atomic E-state index is 0.0335. The van der Waals surface area contributed by atoms with Crippen molar-refractivity contribution in [3.05, 3.63) is 29.6 Å². The normalized spacial score (nSPS) is 11.9. The zero-order valence-corrected chi connectivity index (χ0v) is 9.53. The molecule has 0 aliphatic carbocycles. The van der Waals surface area contributed by atoms with Gasteiger partial charge < -0.3 is 10.1 Å². The number of hydrogen-bond donors (Lipinski definition) is 2. The van der Waals surface area contributed by atoms with Gasteiger partial charge in [0.1, 0.15) is 5.65 Å². The first-order valence-corrected chi connectivity index (χ1v) is 5.10. The van der Waals surface area contributed by atoms with Crippen LogP contribution in [-0.4, -0.2) is 21.0 Å². The number of pyridine rings is 1. The first-order valence-electron chi connectivity index (χ1n) is 5.10. The summed E-state index contributed by atoms with van der Waals surface area (Å²) in [4.78, 5) is 18.1. The van der Waals surface area contributed by atoms with Crippen LogP contribution < -0.4 is 0 Å². The van der Waals surface area contributed by atoms with Crippen molar-refractivity contribution in [2.45, 2.75) is 26.2 Å². The highest BCUT2D eigenvalue weighted by molar-refractivity contribution is 6.02. The van der Waals surface area contributed by atoms with Gasteiger partial charge in [-0.05, 0) is 17.0 Å². The smallest absolute Gasteiger partial charge is 0.337 e. The van der Waals surface area contributed by atoms with Crippen LogP contribution in [0.25, 0.3) is 11.0 Å². The van der Waals surface area contributed by atoms with Gasteiger partial charge in [0.2, 0.25) is 0 Å². The van der Waals surface area contributed by atoms with E-state index in [-0.39, 0.29) is 11.0 Å². The highest BCUT2D eigenvalue weighted by atomic mass is 16.4. The molecule has 0 aliphatic rings. The summed E-state index contributed by atoms with van der Waals surface area (Å²) in [7, 11) is 0. The van der Waals surface area contributed by atoms with E-state index < -0.39 is 5.97 Å². The predicted molar refractivity (Wildman–Crippen MR) is 61.8 cm³/mol. The van der Waals surface area contributed by atoms with E-state index >= 15 is 0 Å². The molecule has 0 unspecified atom stereocenters. The summed E-state index contributed by atoms with van der Waals surface area (Å²) in [5.41, 5.74) is 1.88. The van der Waals surface area contributed by atoms with E-state index in [0.29, 0.717) is 11.0 Å². The Morgan fingerprint density at radius 2 is 2.12 bits per heavy atom. The third-order valence-electron chi connectivity index (χ3n) is 2.63. The van der Waals surface area contributed by atoms with Crippen molar-refractivity contribution in [3.8, 4) is 0 Å². The van der Waals surface area contributed by atoms with Gasteiger partial charge in [0.05, 0.1) is 5.56 Å². The van der Waals surface area contributed by atoms with Crippen LogP contribution in [0.4, 0.5) is 0 Å². The maximum absolute atomic E-state index is 11.0. The quantitative estimate of drug-likeness (QED) is 0.773. The lowest BCUT2D eigenvalue weighted by molar-refractivity contribution is 0.0699. The second kappa shape index (κ2) is 3.33. The number of fused-ring (bicyclic) bond motifs is 1. The molecule has 4 heteroatoms. The number of H-pyrrole nitrogens is 1. The van der Waals surface area contributed by atoms with Crippen molar-refractivity contribution in [3.63, 3.8) is 0 Å². The Hall–Kier alpha value is -1.84. The van der Waals surface area contributed by atoms with Gasteiger partial charge >= 0.3 is 5.97 Å². The van der Waals surface area contributed by atoms with Gasteiger partial charge in [-0.1, -0.05) is 20.8 Å². The Kier molecular flexibility index (Phi) is 2.22. The Labute approximate surface area is 93.3 Å². The summed E-state index contributed by atoms with van der Waals surface area (Å²) in [5.74, 6) is -0.931. The lowest BCUT2D eigenvalue weighted by Gasteiger charge is -2.18. The third-order valence-corrected chi connectivity index (χ3v) is 2.63. The minimum Gasteiger partial charge on any atom is -0.478 e. The molecule has 84 valence electrons. The number of aromatic nitrogens is 2. The highest BCUT2D eigenvalue weighted by Crippen LogP contribution is 2.25. The molecule has 0 fully saturated rings. The predicted octanol–water partition coefficient (Wildman–Crippen LogP) is 2.56. The van der Waals surface area contributed by atoms with Crippen molar-refractivity contribution in [2.75, 3.05) is 0 Å². The number of hydrogen-bond acceptors (Lipinski definition) is 2.